The molecule has 2 aliphatic rings. The van der Waals surface area contributed by atoms with Gasteiger partial charge in [-0.05, 0) is 58.7 Å². The van der Waals surface area contributed by atoms with Gasteiger partial charge in [-0.1, -0.05) is 6.42 Å². The van der Waals surface area contributed by atoms with Crippen LogP contribution in [0.1, 0.15) is 49.3 Å². The number of aromatic nitrogens is 2. The highest BCUT2D eigenvalue weighted by atomic mass is 16.2. The van der Waals surface area contributed by atoms with Crippen molar-refractivity contribution in [2.45, 2.75) is 58.0 Å². The fraction of sp³-hybridized carbons (Fsp3) is 0.684. The van der Waals surface area contributed by atoms with E-state index in [0.29, 0.717) is 38.3 Å². The highest BCUT2D eigenvalue weighted by molar-refractivity contribution is 5.85. The third kappa shape index (κ3) is 4.37. The molecule has 0 saturated carbocycles. The molecule has 1 aromatic heterocycles. The number of amides is 3. The molecule has 0 radical (unpaired) electrons. The molecule has 3 amide bonds. The molecule has 3 N–H and O–H groups in total. The predicted molar refractivity (Wildman–Crippen MR) is 102 cm³/mol. The standard InChI is InChI=1S/C19H30N6O2/c1-14-12-15(2)23-16(22-14)13-21-18(27)24-10-6-19(7-11-24,17(20)26)25-8-4-3-5-9-25/h12H,3-11,13H2,1-2H3,(H2,20,26)(H,21,27). The number of nitrogens with one attached hydrogen (secondary N) is 1. The van der Waals surface area contributed by atoms with Crippen molar-refractivity contribution in [3.8, 4) is 0 Å². The van der Waals surface area contributed by atoms with Gasteiger partial charge in [0.25, 0.3) is 0 Å². The van der Waals surface area contributed by atoms with Crippen molar-refractivity contribution in [3.63, 3.8) is 0 Å². The van der Waals surface area contributed by atoms with Gasteiger partial charge < -0.3 is 16.0 Å². The molecule has 2 fully saturated rings. The summed E-state index contributed by atoms with van der Waals surface area (Å²) in [7, 11) is 0. The molecular weight excluding hydrogens is 344 g/mol. The highest BCUT2D eigenvalue weighted by Crippen LogP contribution is 2.31. The van der Waals surface area contributed by atoms with Gasteiger partial charge >= 0.3 is 6.03 Å². The van der Waals surface area contributed by atoms with Crippen LogP contribution in [0.25, 0.3) is 0 Å². The van der Waals surface area contributed by atoms with Crippen molar-refractivity contribution in [1.29, 1.82) is 0 Å². The Labute approximate surface area is 160 Å². The third-order valence-corrected chi connectivity index (χ3v) is 5.72. The smallest absolute Gasteiger partial charge is 0.317 e. The van der Waals surface area contributed by atoms with Crippen molar-refractivity contribution in [1.82, 2.24) is 25.1 Å². The second-order valence-electron chi connectivity index (χ2n) is 7.66. The topological polar surface area (TPSA) is 104 Å². The van der Waals surface area contributed by atoms with Crippen molar-refractivity contribution in [3.05, 3.63) is 23.3 Å². The summed E-state index contributed by atoms with van der Waals surface area (Å²) >= 11 is 0. The van der Waals surface area contributed by atoms with E-state index in [-0.39, 0.29) is 11.9 Å². The van der Waals surface area contributed by atoms with E-state index in [9.17, 15) is 9.59 Å². The van der Waals surface area contributed by atoms with Crippen LogP contribution in [-0.4, -0.2) is 63.4 Å². The number of carbonyl (C=O) groups is 2. The van der Waals surface area contributed by atoms with Crippen molar-refractivity contribution >= 4 is 11.9 Å². The average molecular weight is 374 g/mol. The molecule has 2 saturated heterocycles. The number of rotatable bonds is 4. The molecule has 0 aromatic carbocycles. The number of nitrogens with zero attached hydrogens (tertiary/aromatic N) is 4. The van der Waals surface area contributed by atoms with E-state index < -0.39 is 5.54 Å². The molecule has 0 bridgehead atoms. The van der Waals surface area contributed by atoms with Crippen molar-refractivity contribution in [2.75, 3.05) is 26.2 Å². The Balaban J connectivity index is 1.57. The monoisotopic (exact) mass is 374 g/mol. The molecule has 3 heterocycles. The highest BCUT2D eigenvalue weighted by Gasteiger charge is 2.45. The van der Waals surface area contributed by atoms with Crippen LogP contribution in [0.2, 0.25) is 0 Å². The maximum absolute atomic E-state index is 12.5. The summed E-state index contributed by atoms with van der Waals surface area (Å²) in [5.41, 5.74) is 6.97. The number of urea groups is 1. The lowest BCUT2D eigenvalue weighted by Crippen LogP contribution is -2.64. The molecule has 8 nitrogen and oxygen atoms in total. The normalized spacial score (nSPS) is 20.3. The molecule has 0 unspecified atom stereocenters. The minimum absolute atomic E-state index is 0.144. The van der Waals surface area contributed by atoms with Gasteiger partial charge in [0.1, 0.15) is 11.4 Å². The second-order valence-corrected chi connectivity index (χ2v) is 7.66. The Kier molecular flexibility index (Phi) is 5.94. The molecule has 3 rings (SSSR count). The van der Waals surface area contributed by atoms with E-state index in [1.165, 1.54) is 6.42 Å². The van der Waals surface area contributed by atoms with Crippen LogP contribution in [0.4, 0.5) is 4.79 Å². The van der Waals surface area contributed by atoms with Crippen LogP contribution in [0.15, 0.2) is 6.07 Å². The van der Waals surface area contributed by atoms with Crippen molar-refractivity contribution in [2.24, 2.45) is 5.73 Å². The van der Waals surface area contributed by atoms with E-state index in [1.807, 2.05) is 19.9 Å². The quantitative estimate of drug-likeness (QED) is 0.821. The van der Waals surface area contributed by atoms with Crippen LogP contribution in [0, 0.1) is 13.8 Å². The number of likely N-dealkylation sites (tertiary alicyclic amines) is 2. The Morgan fingerprint density at radius 1 is 1.07 bits per heavy atom. The number of hydrogen-bond acceptors (Lipinski definition) is 5. The van der Waals surface area contributed by atoms with Gasteiger partial charge in [0.15, 0.2) is 0 Å². The van der Waals surface area contributed by atoms with Crippen molar-refractivity contribution < 1.29 is 9.59 Å². The first-order valence-corrected chi connectivity index (χ1v) is 9.80. The summed E-state index contributed by atoms with van der Waals surface area (Å²) in [6.07, 6.45) is 4.61. The van der Waals surface area contributed by atoms with Gasteiger partial charge in [-0.2, -0.15) is 0 Å². The van der Waals surface area contributed by atoms with E-state index >= 15 is 0 Å². The number of carbonyl (C=O) groups excluding carboxylic acids is 2. The fourth-order valence-corrected chi connectivity index (χ4v) is 4.26. The first kappa shape index (κ1) is 19.5. The van der Waals surface area contributed by atoms with Crippen LogP contribution in [-0.2, 0) is 11.3 Å². The summed E-state index contributed by atoms with van der Waals surface area (Å²) in [6.45, 7) is 7.00. The van der Waals surface area contributed by atoms with E-state index in [0.717, 1.165) is 37.3 Å². The number of hydrogen-bond donors (Lipinski definition) is 2. The van der Waals surface area contributed by atoms with Gasteiger partial charge in [-0.25, -0.2) is 14.8 Å². The molecular formula is C19H30N6O2. The molecule has 148 valence electrons. The second kappa shape index (κ2) is 8.21. The molecule has 8 heteroatoms. The van der Waals surface area contributed by atoms with Gasteiger partial charge in [-0.3, -0.25) is 9.69 Å². The maximum atomic E-state index is 12.5. The summed E-state index contributed by atoms with van der Waals surface area (Å²) in [6, 6.07) is 1.76. The Morgan fingerprint density at radius 3 is 2.22 bits per heavy atom. The minimum atomic E-state index is -0.603. The number of nitrogens with two attached hydrogens (primary N) is 1. The van der Waals surface area contributed by atoms with E-state index in [4.69, 9.17) is 5.73 Å². The van der Waals surface area contributed by atoms with E-state index in [2.05, 4.69) is 20.2 Å². The van der Waals surface area contributed by atoms with Gasteiger partial charge in [0.2, 0.25) is 5.91 Å². The largest absolute Gasteiger partial charge is 0.368 e. The lowest BCUT2D eigenvalue weighted by atomic mass is 9.83. The lowest BCUT2D eigenvalue weighted by molar-refractivity contribution is -0.134. The Morgan fingerprint density at radius 2 is 1.67 bits per heavy atom. The summed E-state index contributed by atoms with van der Waals surface area (Å²) in [4.78, 5) is 37.5. The van der Waals surface area contributed by atoms with Gasteiger partial charge in [0.05, 0.1) is 6.54 Å². The summed E-state index contributed by atoms with van der Waals surface area (Å²) < 4.78 is 0. The summed E-state index contributed by atoms with van der Waals surface area (Å²) in [5, 5.41) is 2.89. The van der Waals surface area contributed by atoms with E-state index in [1.54, 1.807) is 4.90 Å². The molecule has 1 aromatic rings. The molecule has 0 aliphatic carbocycles. The molecule has 2 aliphatic heterocycles. The van der Waals surface area contributed by atoms with Crippen LogP contribution >= 0.6 is 0 Å². The molecule has 0 spiro atoms. The number of aryl methyl sites for hydroxylation is 2. The van der Waals surface area contributed by atoms with Gasteiger partial charge in [0, 0.05) is 24.5 Å². The zero-order chi connectivity index (χ0) is 19.4. The Bertz CT molecular complexity index is 673. The lowest BCUT2D eigenvalue weighted by Gasteiger charge is -2.48. The number of piperidine rings is 2. The third-order valence-electron chi connectivity index (χ3n) is 5.72. The number of primary amides is 1. The Hall–Kier alpha value is -2.22. The molecule has 0 atom stereocenters. The van der Waals surface area contributed by atoms with Crippen LogP contribution in [0.3, 0.4) is 0 Å². The SMILES string of the molecule is Cc1cc(C)nc(CNC(=O)N2CCC(C(N)=O)(N3CCCCC3)CC2)n1. The zero-order valence-electron chi connectivity index (χ0n) is 16.3. The van der Waals surface area contributed by atoms with Crippen LogP contribution < -0.4 is 11.1 Å². The van der Waals surface area contributed by atoms with Gasteiger partial charge in [-0.15, -0.1) is 0 Å². The zero-order valence-corrected chi connectivity index (χ0v) is 16.3. The van der Waals surface area contributed by atoms with Crippen LogP contribution in [0.5, 0.6) is 0 Å². The molecule has 27 heavy (non-hydrogen) atoms. The maximum Gasteiger partial charge on any atom is 0.317 e. The predicted octanol–water partition coefficient (Wildman–Crippen LogP) is 1.11. The first-order valence-electron chi connectivity index (χ1n) is 9.80. The minimum Gasteiger partial charge on any atom is -0.368 e. The fourth-order valence-electron chi connectivity index (χ4n) is 4.26. The summed E-state index contributed by atoms with van der Waals surface area (Å²) in [5.74, 6) is 0.353. The average Bonchev–Trinajstić information content (AvgIpc) is 2.66. The first-order chi connectivity index (χ1) is 12.9.